The molecule has 1 aromatic carbocycles. The van der Waals surface area contributed by atoms with Crippen LogP contribution in [0.15, 0.2) is 30.6 Å². The molecule has 5 N–H and O–H groups in total. The second kappa shape index (κ2) is 3.63. The second-order valence-electron chi connectivity index (χ2n) is 4.18. The number of benzene rings is 1. The number of aromatic hydroxyl groups is 2. The highest BCUT2D eigenvalue weighted by Crippen LogP contribution is 2.37. The van der Waals surface area contributed by atoms with E-state index in [9.17, 15) is 10.2 Å². The van der Waals surface area contributed by atoms with Crippen LogP contribution < -0.4 is 6.15 Å². The van der Waals surface area contributed by atoms with E-state index in [1.807, 2.05) is 0 Å². The summed E-state index contributed by atoms with van der Waals surface area (Å²) in [6.45, 7) is 0. The number of phenols is 2. The van der Waals surface area contributed by atoms with Crippen LogP contribution in [0.2, 0.25) is 0 Å². The molecule has 0 saturated heterocycles. The van der Waals surface area contributed by atoms with Crippen molar-refractivity contribution in [2.75, 3.05) is 0 Å². The molecule has 0 unspecified atom stereocenters. The van der Waals surface area contributed by atoms with Crippen molar-refractivity contribution in [3.63, 3.8) is 0 Å². The average molecular weight is 254 g/mol. The molecular formula is C13H10N4O2. The van der Waals surface area contributed by atoms with Crippen molar-refractivity contribution in [1.29, 1.82) is 0 Å². The summed E-state index contributed by atoms with van der Waals surface area (Å²) >= 11 is 0. The number of rotatable bonds is 1. The first-order valence-electron chi connectivity index (χ1n) is 5.42. The van der Waals surface area contributed by atoms with Gasteiger partial charge in [0.25, 0.3) is 0 Å². The third kappa shape index (κ3) is 1.37. The average Bonchev–Trinajstić information content (AvgIpc) is 2.35. The van der Waals surface area contributed by atoms with Crippen LogP contribution in [-0.2, 0) is 0 Å². The highest BCUT2D eigenvalue weighted by Gasteiger charge is 2.18. The predicted octanol–water partition coefficient (Wildman–Crippen LogP) is 2.29. The molecule has 0 radical (unpaired) electrons. The van der Waals surface area contributed by atoms with Crippen molar-refractivity contribution < 1.29 is 10.2 Å². The summed E-state index contributed by atoms with van der Waals surface area (Å²) in [5, 5.41) is 19.8. The zero-order valence-electron chi connectivity index (χ0n) is 9.83. The lowest BCUT2D eigenvalue weighted by Gasteiger charge is -2.13. The smallest absolute Gasteiger partial charge is 0.158 e. The van der Waals surface area contributed by atoms with Gasteiger partial charge in [0.05, 0.1) is 11.9 Å². The first-order chi connectivity index (χ1) is 8.74. The molecule has 0 aliphatic rings. The number of hydrogen-bond acceptors (Lipinski definition) is 6. The van der Waals surface area contributed by atoms with E-state index in [0.717, 1.165) is 27.5 Å². The number of pyridine rings is 2. The Hall–Kier alpha value is -2.73. The second-order valence-corrected chi connectivity index (χ2v) is 4.18. The van der Waals surface area contributed by atoms with E-state index in [4.69, 9.17) is 0 Å². The fourth-order valence-electron chi connectivity index (χ4n) is 2.16. The van der Waals surface area contributed by atoms with Gasteiger partial charge >= 0.3 is 0 Å². The van der Waals surface area contributed by atoms with E-state index < -0.39 is 0 Å². The van der Waals surface area contributed by atoms with Crippen molar-refractivity contribution >= 4 is 21.9 Å². The van der Waals surface area contributed by atoms with Crippen molar-refractivity contribution in [3.8, 4) is 22.8 Å². The minimum Gasteiger partial charge on any atom is -0.504 e. The molecule has 6 heteroatoms. The molecule has 4 aromatic heterocycles. The Morgan fingerprint density at radius 3 is 2.47 bits per heavy atom. The van der Waals surface area contributed by atoms with E-state index >= 15 is 0 Å². The van der Waals surface area contributed by atoms with Crippen LogP contribution in [0.1, 0.15) is 0 Å². The van der Waals surface area contributed by atoms with Gasteiger partial charge in [-0.05, 0) is 18.2 Å². The Balaban J connectivity index is 0.00000110. The van der Waals surface area contributed by atoms with Crippen molar-refractivity contribution in [3.05, 3.63) is 30.6 Å². The first kappa shape index (κ1) is 11.4. The van der Waals surface area contributed by atoms with E-state index in [-0.39, 0.29) is 17.6 Å². The van der Waals surface area contributed by atoms with E-state index in [0.29, 0.717) is 5.69 Å². The molecule has 5 aromatic rings. The topological polar surface area (TPSA) is 114 Å². The van der Waals surface area contributed by atoms with Crippen LogP contribution in [-0.4, -0.2) is 25.2 Å². The molecule has 0 saturated carbocycles. The van der Waals surface area contributed by atoms with Gasteiger partial charge in [-0.25, -0.2) is 9.97 Å². The normalized spacial score (nSPS) is 11.2. The summed E-state index contributed by atoms with van der Waals surface area (Å²) in [5.74, 6) is -0.311. The maximum Gasteiger partial charge on any atom is 0.158 e. The van der Waals surface area contributed by atoms with Gasteiger partial charge in [-0.3, -0.25) is 4.98 Å². The van der Waals surface area contributed by atoms with Crippen LogP contribution in [0, 0.1) is 0 Å². The van der Waals surface area contributed by atoms with Gasteiger partial charge in [-0.2, -0.15) is 0 Å². The maximum absolute atomic E-state index is 9.53. The zero-order chi connectivity index (χ0) is 12.3. The molecule has 4 bridgehead atoms. The van der Waals surface area contributed by atoms with E-state index in [1.165, 1.54) is 12.1 Å². The third-order valence-electron chi connectivity index (χ3n) is 3.08. The van der Waals surface area contributed by atoms with Gasteiger partial charge in [0.1, 0.15) is 16.6 Å². The van der Waals surface area contributed by atoms with Crippen molar-refractivity contribution in [2.45, 2.75) is 0 Å². The van der Waals surface area contributed by atoms with Crippen LogP contribution in [0.5, 0.6) is 11.5 Å². The minimum atomic E-state index is -0.164. The Labute approximate surface area is 107 Å². The summed E-state index contributed by atoms with van der Waals surface area (Å²) in [4.78, 5) is 12.9. The van der Waals surface area contributed by atoms with Crippen LogP contribution >= 0.6 is 0 Å². The van der Waals surface area contributed by atoms with Crippen LogP contribution in [0.25, 0.3) is 33.2 Å². The van der Waals surface area contributed by atoms with Gasteiger partial charge in [-0.1, -0.05) is 0 Å². The summed E-state index contributed by atoms with van der Waals surface area (Å²) in [5.41, 5.74) is 3.83. The Kier molecular flexibility index (Phi) is 2.17. The van der Waals surface area contributed by atoms with Gasteiger partial charge in [-0.15, -0.1) is 0 Å². The fourth-order valence-corrected chi connectivity index (χ4v) is 2.16. The lowest BCUT2D eigenvalue weighted by molar-refractivity contribution is 0.404. The number of hydrogen-bond donors (Lipinski definition) is 3. The molecular weight excluding hydrogens is 244 g/mol. The molecule has 0 aliphatic heterocycles. The maximum atomic E-state index is 9.53. The third-order valence-corrected chi connectivity index (χ3v) is 3.08. The summed E-state index contributed by atoms with van der Waals surface area (Å²) < 4.78 is 0. The molecule has 6 nitrogen and oxygen atoms in total. The number of aromatic nitrogens is 3. The van der Waals surface area contributed by atoms with Crippen molar-refractivity contribution in [2.24, 2.45) is 0 Å². The first-order valence-corrected chi connectivity index (χ1v) is 5.42. The molecule has 0 spiro atoms. The number of fused-ring (bicyclic) bond motifs is 1. The van der Waals surface area contributed by atoms with Gasteiger partial charge in [0.15, 0.2) is 11.5 Å². The zero-order valence-corrected chi connectivity index (χ0v) is 9.83. The Bertz CT molecular complexity index is 846. The molecule has 19 heavy (non-hydrogen) atoms. The quantitative estimate of drug-likeness (QED) is 0.449. The molecule has 94 valence electrons. The van der Waals surface area contributed by atoms with Gasteiger partial charge < -0.3 is 16.4 Å². The highest BCUT2D eigenvalue weighted by atomic mass is 16.3. The molecule has 0 fully saturated rings. The molecule has 5 rings (SSSR count). The molecule has 4 heterocycles. The Morgan fingerprint density at radius 1 is 0.895 bits per heavy atom. The van der Waals surface area contributed by atoms with Crippen molar-refractivity contribution in [1.82, 2.24) is 21.1 Å². The summed E-state index contributed by atoms with van der Waals surface area (Å²) in [6.07, 6.45) is 3.43. The van der Waals surface area contributed by atoms with E-state index in [2.05, 4.69) is 15.0 Å². The number of nitrogens with zero attached hydrogens (tertiary/aromatic N) is 3. The van der Waals surface area contributed by atoms with E-state index in [1.54, 1.807) is 18.5 Å². The lowest BCUT2D eigenvalue weighted by atomic mass is 10.0. The molecule has 0 amide bonds. The molecule has 0 aliphatic carbocycles. The largest absolute Gasteiger partial charge is 0.504 e. The van der Waals surface area contributed by atoms with Crippen LogP contribution in [0.3, 0.4) is 0 Å². The fraction of sp³-hybridized carbons (Fsp3) is 0. The summed E-state index contributed by atoms with van der Waals surface area (Å²) in [7, 11) is 0. The standard InChI is InChI=1S/C13H7N3O2.H3N/c17-9-2-1-6(3-10(9)18)11-13-7-4-14-5-8(15-11)12(7)16-13;/h1-5,17-18H;1H3. The molecule has 0 atom stereocenters. The lowest BCUT2D eigenvalue weighted by Crippen LogP contribution is -1.99. The number of phenolic OH excluding ortho intramolecular Hbond substituents is 2. The van der Waals surface area contributed by atoms with Gasteiger partial charge in [0.2, 0.25) is 0 Å². The van der Waals surface area contributed by atoms with Crippen LogP contribution in [0.4, 0.5) is 0 Å². The highest BCUT2D eigenvalue weighted by molar-refractivity contribution is 6.13. The summed E-state index contributed by atoms with van der Waals surface area (Å²) in [6, 6.07) is 4.62. The minimum absolute atomic E-state index is 0. The predicted molar refractivity (Wildman–Crippen MR) is 71.0 cm³/mol. The SMILES string of the molecule is N.Oc1ccc(-c2nc3cncc4c2nc34)cc1O. The van der Waals surface area contributed by atoms with Gasteiger partial charge in [0, 0.05) is 17.1 Å². The Morgan fingerprint density at radius 2 is 1.74 bits per heavy atom. The monoisotopic (exact) mass is 254 g/mol.